The maximum atomic E-state index is 11.5. The van der Waals surface area contributed by atoms with Crippen LogP contribution in [0, 0.1) is 13.8 Å². The standard InChI is InChI=1S/C15H15NO3/c1-10-4-3-5-12(6-10)8-16-9-13(15(18)19)14(17)7-11(16)2/h3-7,9H,8H2,1-2H3,(H,18,19). The summed E-state index contributed by atoms with van der Waals surface area (Å²) in [7, 11) is 0. The molecule has 0 atom stereocenters. The number of rotatable bonds is 3. The van der Waals surface area contributed by atoms with Crippen LogP contribution in [-0.4, -0.2) is 15.6 Å². The maximum absolute atomic E-state index is 11.5. The molecular formula is C15H15NO3. The molecule has 0 amide bonds. The first-order chi connectivity index (χ1) is 8.97. The van der Waals surface area contributed by atoms with E-state index in [0.717, 1.165) is 16.8 Å². The third-order valence-corrected chi connectivity index (χ3v) is 3.01. The van der Waals surface area contributed by atoms with E-state index >= 15 is 0 Å². The maximum Gasteiger partial charge on any atom is 0.341 e. The highest BCUT2D eigenvalue weighted by Gasteiger charge is 2.10. The molecule has 0 aliphatic rings. The highest BCUT2D eigenvalue weighted by Crippen LogP contribution is 2.08. The van der Waals surface area contributed by atoms with Crippen LogP contribution in [-0.2, 0) is 6.54 Å². The summed E-state index contributed by atoms with van der Waals surface area (Å²) in [4.78, 5) is 22.5. The number of pyridine rings is 1. The number of hydrogen-bond acceptors (Lipinski definition) is 2. The molecule has 0 spiro atoms. The first-order valence-corrected chi connectivity index (χ1v) is 5.97. The molecule has 2 rings (SSSR count). The molecule has 2 aromatic rings. The summed E-state index contributed by atoms with van der Waals surface area (Å²) in [6, 6.07) is 9.34. The van der Waals surface area contributed by atoms with E-state index in [2.05, 4.69) is 0 Å². The minimum absolute atomic E-state index is 0.196. The summed E-state index contributed by atoms with van der Waals surface area (Å²) in [6.07, 6.45) is 1.41. The lowest BCUT2D eigenvalue weighted by atomic mass is 10.1. The van der Waals surface area contributed by atoms with E-state index in [1.807, 2.05) is 31.2 Å². The van der Waals surface area contributed by atoms with Crippen LogP contribution in [0.25, 0.3) is 0 Å². The molecule has 1 aromatic heterocycles. The molecule has 98 valence electrons. The Balaban J connectivity index is 2.43. The smallest absolute Gasteiger partial charge is 0.341 e. The van der Waals surface area contributed by atoms with Gasteiger partial charge in [-0.2, -0.15) is 0 Å². The van der Waals surface area contributed by atoms with Crippen molar-refractivity contribution in [1.82, 2.24) is 4.57 Å². The van der Waals surface area contributed by atoms with Gasteiger partial charge in [0.15, 0.2) is 5.43 Å². The Morgan fingerprint density at radius 2 is 2.00 bits per heavy atom. The molecule has 0 aliphatic heterocycles. The van der Waals surface area contributed by atoms with Crippen molar-refractivity contribution in [2.24, 2.45) is 0 Å². The summed E-state index contributed by atoms with van der Waals surface area (Å²) in [6.45, 7) is 4.35. The summed E-state index contributed by atoms with van der Waals surface area (Å²) in [5.41, 5.74) is 2.32. The van der Waals surface area contributed by atoms with Crippen molar-refractivity contribution in [2.45, 2.75) is 20.4 Å². The second-order valence-corrected chi connectivity index (χ2v) is 4.61. The van der Waals surface area contributed by atoms with E-state index in [1.165, 1.54) is 12.3 Å². The summed E-state index contributed by atoms with van der Waals surface area (Å²) in [5, 5.41) is 8.98. The number of benzene rings is 1. The minimum Gasteiger partial charge on any atom is -0.477 e. The first-order valence-electron chi connectivity index (χ1n) is 5.97. The Labute approximate surface area is 110 Å². The highest BCUT2D eigenvalue weighted by atomic mass is 16.4. The fraction of sp³-hybridized carbons (Fsp3) is 0.200. The summed E-state index contributed by atoms with van der Waals surface area (Å²) < 4.78 is 1.78. The third-order valence-electron chi connectivity index (χ3n) is 3.01. The predicted molar refractivity (Wildman–Crippen MR) is 72.7 cm³/mol. The van der Waals surface area contributed by atoms with Crippen molar-refractivity contribution in [3.63, 3.8) is 0 Å². The Morgan fingerprint density at radius 3 is 2.63 bits per heavy atom. The molecular weight excluding hydrogens is 242 g/mol. The fourth-order valence-electron chi connectivity index (χ4n) is 2.01. The third kappa shape index (κ3) is 2.91. The zero-order chi connectivity index (χ0) is 14.0. The Hall–Kier alpha value is -2.36. The summed E-state index contributed by atoms with van der Waals surface area (Å²) in [5.74, 6) is -1.19. The zero-order valence-corrected chi connectivity index (χ0v) is 10.9. The van der Waals surface area contributed by atoms with Crippen molar-refractivity contribution in [2.75, 3.05) is 0 Å². The van der Waals surface area contributed by atoms with Gasteiger partial charge in [0, 0.05) is 24.5 Å². The zero-order valence-electron chi connectivity index (χ0n) is 10.9. The van der Waals surface area contributed by atoms with Gasteiger partial charge in [-0.1, -0.05) is 29.8 Å². The average molecular weight is 257 g/mol. The molecule has 4 nitrogen and oxygen atoms in total. The lowest BCUT2D eigenvalue weighted by Crippen LogP contribution is -2.19. The van der Waals surface area contributed by atoms with Crippen LogP contribution in [0.2, 0.25) is 0 Å². The van der Waals surface area contributed by atoms with Gasteiger partial charge in [-0.15, -0.1) is 0 Å². The molecule has 4 heteroatoms. The molecule has 0 saturated carbocycles. The largest absolute Gasteiger partial charge is 0.477 e. The second kappa shape index (κ2) is 5.10. The van der Waals surface area contributed by atoms with Crippen LogP contribution in [0.4, 0.5) is 0 Å². The monoisotopic (exact) mass is 257 g/mol. The van der Waals surface area contributed by atoms with Crippen LogP contribution >= 0.6 is 0 Å². The topological polar surface area (TPSA) is 59.3 Å². The van der Waals surface area contributed by atoms with Crippen molar-refractivity contribution in [1.29, 1.82) is 0 Å². The molecule has 0 radical (unpaired) electrons. The molecule has 0 bridgehead atoms. The van der Waals surface area contributed by atoms with Gasteiger partial charge < -0.3 is 9.67 Å². The average Bonchev–Trinajstić information content (AvgIpc) is 2.32. The fourth-order valence-corrected chi connectivity index (χ4v) is 2.01. The quantitative estimate of drug-likeness (QED) is 0.917. The SMILES string of the molecule is Cc1cccc(Cn2cc(C(=O)O)c(=O)cc2C)c1. The minimum atomic E-state index is -1.19. The Morgan fingerprint density at radius 1 is 1.26 bits per heavy atom. The molecule has 1 N–H and O–H groups in total. The van der Waals surface area contributed by atoms with Crippen molar-refractivity contribution in [3.8, 4) is 0 Å². The van der Waals surface area contributed by atoms with Gasteiger partial charge in [0.2, 0.25) is 0 Å². The molecule has 1 aromatic carbocycles. The van der Waals surface area contributed by atoms with Gasteiger partial charge in [0.05, 0.1) is 0 Å². The number of aryl methyl sites for hydroxylation is 2. The van der Waals surface area contributed by atoms with Crippen molar-refractivity contribution >= 4 is 5.97 Å². The number of aromatic nitrogens is 1. The molecule has 0 fully saturated rings. The van der Waals surface area contributed by atoms with Crippen LogP contribution < -0.4 is 5.43 Å². The van der Waals surface area contributed by atoms with Gasteiger partial charge in [0.25, 0.3) is 0 Å². The second-order valence-electron chi connectivity index (χ2n) is 4.61. The van der Waals surface area contributed by atoms with Crippen LogP contribution in [0.5, 0.6) is 0 Å². The number of hydrogen-bond donors (Lipinski definition) is 1. The lowest BCUT2D eigenvalue weighted by Gasteiger charge is -2.12. The van der Waals surface area contributed by atoms with Gasteiger partial charge in [-0.05, 0) is 19.4 Å². The Kier molecular flexibility index (Phi) is 3.51. The molecule has 1 heterocycles. The molecule has 0 saturated heterocycles. The number of carboxylic acids is 1. The van der Waals surface area contributed by atoms with E-state index in [-0.39, 0.29) is 5.56 Å². The van der Waals surface area contributed by atoms with E-state index in [0.29, 0.717) is 6.54 Å². The normalized spacial score (nSPS) is 10.4. The van der Waals surface area contributed by atoms with Crippen LogP contribution in [0.3, 0.4) is 0 Å². The summed E-state index contributed by atoms with van der Waals surface area (Å²) >= 11 is 0. The molecule has 0 unspecified atom stereocenters. The van der Waals surface area contributed by atoms with E-state index in [9.17, 15) is 9.59 Å². The van der Waals surface area contributed by atoms with E-state index in [1.54, 1.807) is 11.5 Å². The van der Waals surface area contributed by atoms with Crippen molar-refractivity contribution < 1.29 is 9.90 Å². The van der Waals surface area contributed by atoms with Gasteiger partial charge in [-0.3, -0.25) is 4.79 Å². The number of carbonyl (C=O) groups is 1. The lowest BCUT2D eigenvalue weighted by molar-refractivity contribution is 0.0694. The number of nitrogens with zero attached hydrogens (tertiary/aromatic N) is 1. The number of aromatic carboxylic acids is 1. The van der Waals surface area contributed by atoms with Gasteiger partial charge in [0.1, 0.15) is 5.56 Å². The van der Waals surface area contributed by atoms with E-state index < -0.39 is 11.4 Å². The molecule has 0 aliphatic carbocycles. The van der Waals surface area contributed by atoms with Crippen LogP contribution in [0.1, 0.15) is 27.2 Å². The van der Waals surface area contributed by atoms with Gasteiger partial charge in [-0.25, -0.2) is 4.79 Å². The van der Waals surface area contributed by atoms with E-state index in [4.69, 9.17) is 5.11 Å². The molecule has 19 heavy (non-hydrogen) atoms. The van der Waals surface area contributed by atoms with Crippen molar-refractivity contribution in [3.05, 3.63) is 69.1 Å². The van der Waals surface area contributed by atoms with Crippen LogP contribution in [0.15, 0.2) is 41.3 Å². The first kappa shape index (κ1) is 13.1. The Bertz CT molecular complexity index is 686. The predicted octanol–water partition coefficient (Wildman–Crippen LogP) is 2.21. The van der Waals surface area contributed by atoms with Gasteiger partial charge >= 0.3 is 5.97 Å². The number of carboxylic acid groups (broad SMARTS) is 1. The highest BCUT2D eigenvalue weighted by molar-refractivity contribution is 5.87.